The van der Waals surface area contributed by atoms with Crippen LogP contribution in [-0.4, -0.2) is 0 Å². The van der Waals surface area contributed by atoms with Crippen LogP contribution < -0.4 is 0 Å². The number of hydrogen-bond acceptors (Lipinski definition) is 2. The van der Waals surface area contributed by atoms with Crippen molar-refractivity contribution < 1.29 is 0 Å². The minimum atomic E-state index is 0.891. The van der Waals surface area contributed by atoms with Crippen molar-refractivity contribution in [3.8, 4) is 0 Å². The molecule has 0 N–H and O–H groups in total. The molecule has 0 fully saturated rings. The summed E-state index contributed by atoms with van der Waals surface area (Å²) in [5.41, 5.74) is 4.06. The van der Waals surface area contributed by atoms with Crippen molar-refractivity contribution in [2.24, 2.45) is 10.2 Å². The number of rotatable bonds is 2. The third kappa shape index (κ3) is 3.38. The van der Waals surface area contributed by atoms with E-state index in [1.807, 2.05) is 38.1 Å². The van der Waals surface area contributed by atoms with E-state index in [2.05, 4.69) is 60.9 Å². The lowest BCUT2D eigenvalue weighted by Crippen LogP contribution is -1.77. The Hall–Kier alpha value is -0.750. The summed E-state index contributed by atoms with van der Waals surface area (Å²) in [6, 6.07) is 12.2. The average molecular weight is 415 g/mol. The summed E-state index contributed by atoms with van der Waals surface area (Å²) in [5.74, 6) is 0. The fourth-order valence-corrected chi connectivity index (χ4v) is 2.31. The van der Waals surface area contributed by atoms with Crippen LogP contribution in [0.5, 0.6) is 0 Å². The Morgan fingerprint density at radius 3 is 2.11 bits per heavy atom. The molecular formula is C14H12BrIN2. The summed E-state index contributed by atoms with van der Waals surface area (Å²) < 4.78 is 2.18. The van der Waals surface area contributed by atoms with E-state index in [-0.39, 0.29) is 0 Å². The van der Waals surface area contributed by atoms with E-state index in [0.29, 0.717) is 0 Å². The molecule has 2 nitrogen and oxygen atoms in total. The van der Waals surface area contributed by atoms with Crippen LogP contribution in [0.1, 0.15) is 11.1 Å². The van der Waals surface area contributed by atoms with E-state index < -0.39 is 0 Å². The second-order valence-electron chi connectivity index (χ2n) is 4.06. The molecule has 2 aromatic carbocycles. The molecule has 18 heavy (non-hydrogen) atoms. The van der Waals surface area contributed by atoms with Gasteiger partial charge < -0.3 is 0 Å². The summed E-state index contributed by atoms with van der Waals surface area (Å²) in [7, 11) is 0. The van der Waals surface area contributed by atoms with E-state index in [0.717, 1.165) is 30.5 Å². The molecule has 0 heterocycles. The fourth-order valence-electron chi connectivity index (χ4n) is 1.49. The predicted molar refractivity (Wildman–Crippen MR) is 87.0 cm³/mol. The van der Waals surface area contributed by atoms with Gasteiger partial charge in [-0.05, 0) is 71.8 Å². The second-order valence-corrected chi connectivity index (χ2v) is 6.22. The van der Waals surface area contributed by atoms with Gasteiger partial charge in [-0.2, -0.15) is 10.2 Å². The van der Waals surface area contributed by atoms with Crippen molar-refractivity contribution in [3.63, 3.8) is 0 Å². The highest BCUT2D eigenvalue weighted by Gasteiger charge is 2.00. The van der Waals surface area contributed by atoms with Crippen LogP contribution in [-0.2, 0) is 0 Å². The summed E-state index contributed by atoms with van der Waals surface area (Å²) in [6.07, 6.45) is 0. The zero-order chi connectivity index (χ0) is 13.1. The van der Waals surface area contributed by atoms with Crippen LogP contribution in [0.25, 0.3) is 0 Å². The molecule has 2 aromatic rings. The van der Waals surface area contributed by atoms with Gasteiger partial charge in [0, 0.05) is 8.04 Å². The predicted octanol–water partition coefficient (Wildman–Crippen LogP) is 6.09. The molecule has 0 radical (unpaired) electrons. The van der Waals surface area contributed by atoms with Gasteiger partial charge in [0.15, 0.2) is 0 Å². The zero-order valence-corrected chi connectivity index (χ0v) is 13.9. The Bertz CT molecular complexity index is 555. The van der Waals surface area contributed by atoms with Crippen LogP contribution in [0.2, 0.25) is 0 Å². The first-order chi connectivity index (χ1) is 8.56. The molecule has 0 aliphatic heterocycles. The minimum absolute atomic E-state index is 0.891. The molecule has 0 saturated heterocycles. The van der Waals surface area contributed by atoms with Crippen molar-refractivity contribution in [2.75, 3.05) is 0 Å². The largest absolute Gasteiger partial charge is 0.150 e. The van der Waals surface area contributed by atoms with E-state index >= 15 is 0 Å². The van der Waals surface area contributed by atoms with Crippen LogP contribution in [0, 0.1) is 17.4 Å². The lowest BCUT2D eigenvalue weighted by molar-refractivity contribution is 1.19. The summed E-state index contributed by atoms with van der Waals surface area (Å²) in [6.45, 7) is 4.07. The number of nitrogens with zero attached hydrogens (tertiary/aromatic N) is 2. The Labute approximate surface area is 129 Å². The van der Waals surface area contributed by atoms with Gasteiger partial charge in [-0.25, -0.2) is 0 Å². The quantitative estimate of drug-likeness (QED) is 0.419. The summed E-state index contributed by atoms with van der Waals surface area (Å²) in [5, 5.41) is 8.67. The molecule has 0 bridgehead atoms. The average Bonchev–Trinajstić information content (AvgIpc) is 2.34. The van der Waals surface area contributed by atoms with Gasteiger partial charge >= 0.3 is 0 Å². The maximum atomic E-state index is 4.34. The first-order valence-corrected chi connectivity index (χ1v) is 7.37. The Kier molecular flexibility index (Phi) is 4.50. The highest BCUT2D eigenvalue weighted by atomic mass is 127. The van der Waals surface area contributed by atoms with E-state index in [4.69, 9.17) is 0 Å². The Morgan fingerprint density at radius 1 is 0.889 bits per heavy atom. The van der Waals surface area contributed by atoms with Crippen LogP contribution in [0.3, 0.4) is 0 Å². The van der Waals surface area contributed by atoms with Gasteiger partial charge in [-0.3, -0.25) is 0 Å². The summed E-state index contributed by atoms with van der Waals surface area (Å²) >= 11 is 5.73. The normalized spacial score (nSPS) is 11.1. The molecule has 0 aromatic heterocycles. The van der Waals surface area contributed by atoms with Crippen molar-refractivity contribution >= 4 is 49.9 Å². The van der Waals surface area contributed by atoms with Crippen molar-refractivity contribution in [1.29, 1.82) is 0 Å². The zero-order valence-electron chi connectivity index (χ0n) is 10.1. The third-order valence-corrected chi connectivity index (χ3v) is 3.77. The summed E-state index contributed by atoms with van der Waals surface area (Å²) in [4.78, 5) is 0. The molecule has 0 atom stereocenters. The van der Waals surface area contributed by atoms with E-state index in [1.165, 1.54) is 0 Å². The fraction of sp³-hybridized carbons (Fsp3) is 0.143. The minimum Gasteiger partial charge on any atom is -0.150 e. The van der Waals surface area contributed by atoms with Gasteiger partial charge in [-0.1, -0.05) is 28.1 Å². The van der Waals surface area contributed by atoms with Gasteiger partial charge in [0.2, 0.25) is 0 Å². The Balaban J connectivity index is 2.35. The van der Waals surface area contributed by atoms with Crippen LogP contribution in [0.15, 0.2) is 51.1 Å². The maximum absolute atomic E-state index is 4.34. The monoisotopic (exact) mass is 414 g/mol. The van der Waals surface area contributed by atoms with E-state index in [1.54, 1.807) is 0 Å². The highest BCUT2D eigenvalue weighted by Crippen LogP contribution is 2.27. The topological polar surface area (TPSA) is 24.7 Å². The molecule has 0 aliphatic rings. The molecule has 0 amide bonds. The molecule has 92 valence electrons. The number of azo groups is 1. The van der Waals surface area contributed by atoms with Crippen LogP contribution >= 0.6 is 38.5 Å². The molecule has 0 aliphatic carbocycles. The molecule has 0 saturated carbocycles. The number of aryl methyl sites for hydroxylation is 2. The molecular weight excluding hydrogens is 403 g/mol. The van der Waals surface area contributed by atoms with Gasteiger partial charge in [0.25, 0.3) is 0 Å². The van der Waals surface area contributed by atoms with Crippen molar-refractivity contribution in [1.82, 2.24) is 0 Å². The number of benzene rings is 2. The SMILES string of the molecule is Cc1ccc(Br)cc1N=Nc1cc(I)ccc1C. The van der Waals surface area contributed by atoms with Gasteiger partial charge in [-0.15, -0.1) is 0 Å². The molecule has 0 unspecified atom stereocenters. The highest BCUT2D eigenvalue weighted by molar-refractivity contribution is 14.1. The first kappa shape index (κ1) is 13.7. The molecule has 0 spiro atoms. The van der Waals surface area contributed by atoms with Crippen LogP contribution in [0.4, 0.5) is 11.4 Å². The molecule has 4 heteroatoms. The Morgan fingerprint density at radius 2 is 1.44 bits per heavy atom. The standard InChI is InChI=1S/C14H12BrIN2/c1-9-3-5-11(15)7-13(9)17-18-14-8-12(16)6-4-10(14)2/h3-8H,1-2H3. The second kappa shape index (κ2) is 5.93. The first-order valence-electron chi connectivity index (χ1n) is 5.50. The maximum Gasteiger partial charge on any atom is 0.0897 e. The van der Waals surface area contributed by atoms with E-state index in [9.17, 15) is 0 Å². The van der Waals surface area contributed by atoms with Crippen molar-refractivity contribution in [3.05, 3.63) is 55.6 Å². The van der Waals surface area contributed by atoms with Gasteiger partial charge in [0.1, 0.15) is 0 Å². The smallest absolute Gasteiger partial charge is 0.0897 e. The number of hydrogen-bond donors (Lipinski definition) is 0. The molecule has 2 rings (SSSR count). The van der Waals surface area contributed by atoms with Crippen molar-refractivity contribution in [2.45, 2.75) is 13.8 Å². The number of halogens is 2. The lowest BCUT2D eigenvalue weighted by Gasteiger charge is -2.01. The lowest BCUT2D eigenvalue weighted by atomic mass is 10.2. The van der Waals surface area contributed by atoms with Gasteiger partial charge in [0.05, 0.1) is 11.4 Å². The third-order valence-electron chi connectivity index (χ3n) is 2.61.